The molecule has 0 amide bonds. The maximum absolute atomic E-state index is 8.40. The number of hydrogen-bond acceptors (Lipinski definition) is 2. The number of nitriles is 1. The summed E-state index contributed by atoms with van der Waals surface area (Å²) >= 11 is 0. The smallest absolute Gasteiger partial charge is 0.0634 e. The Morgan fingerprint density at radius 2 is 1.93 bits per heavy atom. The molecule has 0 fully saturated rings. The second-order valence-corrected chi connectivity index (χ2v) is 3.26. The Balaban J connectivity index is 2.24. The molecule has 0 aromatic heterocycles. The van der Waals surface area contributed by atoms with Crippen LogP contribution in [-0.2, 0) is 6.42 Å². The van der Waals surface area contributed by atoms with Gasteiger partial charge in [0.05, 0.1) is 6.07 Å². The summed E-state index contributed by atoms with van der Waals surface area (Å²) < 4.78 is 0. The zero-order valence-electron chi connectivity index (χ0n) is 8.32. The van der Waals surface area contributed by atoms with Crippen LogP contribution in [0, 0.1) is 18.4 Å². The van der Waals surface area contributed by atoms with Crippen molar-refractivity contribution < 1.29 is 0 Å². The van der Waals surface area contributed by atoms with Crippen molar-refractivity contribution in [2.75, 3.05) is 13.1 Å². The van der Waals surface area contributed by atoms with Crippen molar-refractivity contribution >= 4 is 0 Å². The Morgan fingerprint density at radius 1 is 1.21 bits per heavy atom. The summed E-state index contributed by atoms with van der Waals surface area (Å²) in [6, 6.07) is 12.4. The summed E-state index contributed by atoms with van der Waals surface area (Å²) in [4.78, 5) is 1.94. The first-order valence-corrected chi connectivity index (χ1v) is 4.79. The molecule has 0 unspecified atom stereocenters. The average Bonchev–Trinajstić information content (AvgIpc) is 2.25. The Morgan fingerprint density at radius 3 is 2.57 bits per heavy atom. The lowest BCUT2D eigenvalue weighted by Crippen LogP contribution is -2.19. The van der Waals surface area contributed by atoms with E-state index in [4.69, 9.17) is 5.26 Å². The van der Waals surface area contributed by atoms with Crippen LogP contribution in [0.1, 0.15) is 12.0 Å². The number of nitrogens with zero attached hydrogens (tertiary/aromatic N) is 2. The van der Waals surface area contributed by atoms with Gasteiger partial charge in [0.1, 0.15) is 0 Å². The van der Waals surface area contributed by atoms with Gasteiger partial charge in [-0.2, -0.15) is 5.26 Å². The summed E-state index contributed by atoms with van der Waals surface area (Å²) in [6.07, 6.45) is 1.55. The minimum Gasteiger partial charge on any atom is -0.458 e. The Bertz CT molecular complexity index is 287. The van der Waals surface area contributed by atoms with Gasteiger partial charge in [0.2, 0.25) is 0 Å². The average molecular weight is 187 g/mol. The predicted octanol–water partition coefficient (Wildman–Crippen LogP) is 2.24. The van der Waals surface area contributed by atoms with E-state index < -0.39 is 0 Å². The van der Waals surface area contributed by atoms with E-state index in [0.29, 0.717) is 6.42 Å². The third kappa shape index (κ3) is 4.06. The Kier molecular flexibility index (Phi) is 4.74. The highest BCUT2D eigenvalue weighted by molar-refractivity contribution is 5.14. The van der Waals surface area contributed by atoms with Crippen LogP contribution >= 0.6 is 0 Å². The second-order valence-electron chi connectivity index (χ2n) is 3.26. The van der Waals surface area contributed by atoms with Gasteiger partial charge in [-0.05, 0) is 25.1 Å². The molecule has 0 saturated carbocycles. The molecule has 74 valence electrons. The number of benzene rings is 1. The zero-order valence-corrected chi connectivity index (χ0v) is 8.32. The molecule has 2 heteroatoms. The molecule has 0 aliphatic heterocycles. The fourth-order valence-electron chi connectivity index (χ4n) is 1.25. The third-order valence-electron chi connectivity index (χ3n) is 2.10. The van der Waals surface area contributed by atoms with Crippen LogP contribution < -0.4 is 0 Å². The molecule has 0 aliphatic carbocycles. The molecule has 0 saturated heterocycles. The van der Waals surface area contributed by atoms with Crippen molar-refractivity contribution in [1.29, 1.82) is 5.26 Å². The summed E-state index contributed by atoms with van der Waals surface area (Å²) in [5, 5.41) is 8.40. The van der Waals surface area contributed by atoms with Crippen molar-refractivity contribution in [2.24, 2.45) is 0 Å². The van der Waals surface area contributed by atoms with Crippen LogP contribution in [0.15, 0.2) is 30.3 Å². The lowest BCUT2D eigenvalue weighted by atomic mass is 10.1. The third-order valence-corrected chi connectivity index (χ3v) is 2.10. The van der Waals surface area contributed by atoms with Crippen molar-refractivity contribution in [3.05, 3.63) is 42.9 Å². The molecule has 0 bridgehead atoms. The molecule has 0 heterocycles. The van der Waals surface area contributed by atoms with Crippen molar-refractivity contribution in [1.82, 2.24) is 4.90 Å². The van der Waals surface area contributed by atoms with Gasteiger partial charge in [0.15, 0.2) is 0 Å². The van der Waals surface area contributed by atoms with Gasteiger partial charge >= 0.3 is 0 Å². The minimum atomic E-state index is 0.554. The fourth-order valence-corrected chi connectivity index (χ4v) is 1.25. The molecular formula is C12H15N2-. The first-order valence-electron chi connectivity index (χ1n) is 4.79. The normalized spacial score (nSPS) is 10.1. The molecule has 0 atom stereocenters. The molecule has 1 aromatic carbocycles. The number of hydrogen-bond donors (Lipinski definition) is 0. The lowest BCUT2D eigenvalue weighted by molar-refractivity contribution is 0.383. The van der Waals surface area contributed by atoms with Crippen LogP contribution in [0.5, 0.6) is 0 Å². The van der Waals surface area contributed by atoms with Gasteiger partial charge in [-0.1, -0.05) is 30.3 Å². The molecule has 14 heavy (non-hydrogen) atoms. The molecule has 0 radical (unpaired) electrons. The van der Waals surface area contributed by atoms with Crippen LogP contribution in [0.25, 0.3) is 0 Å². The number of rotatable bonds is 5. The van der Waals surface area contributed by atoms with Gasteiger partial charge in [0.25, 0.3) is 0 Å². The van der Waals surface area contributed by atoms with Crippen LogP contribution in [-0.4, -0.2) is 18.0 Å². The maximum atomic E-state index is 8.40. The van der Waals surface area contributed by atoms with Gasteiger partial charge in [-0.3, -0.25) is 7.05 Å². The standard InChI is InChI=1S/C12H15N2/c1-14(10-5-9-13)11-8-12-6-3-2-4-7-12/h2-4,6-7H,1,5,8,10-11H2/q-1. The Hall–Kier alpha value is -1.33. The van der Waals surface area contributed by atoms with E-state index in [1.807, 2.05) is 23.1 Å². The van der Waals surface area contributed by atoms with Gasteiger partial charge < -0.3 is 4.90 Å². The topological polar surface area (TPSA) is 27.0 Å². The second kappa shape index (κ2) is 6.17. The first-order chi connectivity index (χ1) is 6.83. The molecule has 0 aliphatic rings. The van der Waals surface area contributed by atoms with Crippen molar-refractivity contribution in [3.8, 4) is 6.07 Å². The summed E-state index contributed by atoms with van der Waals surface area (Å²) in [7, 11) is 3.87. The van der Waals surface area contributed by atoms with Crippen molar-refractivity contribution in [3.63, 3.8) is 0 Å². The highest BCUT2D eigenvalue weighted by Crippen LogP contribution is 2.01. The van der Waals surface area contributed by atoms with Crippen molar-refractivity contribution in [2.45, 2.75) is 12.8 Å². The van der Waals surface area contributed by atoms with E-state index in [-0.39, 0.29) is 0 Å². The van der Waals surface area contributed by atoms with Gasteiger partial charge in [-0.25, -0.2) is 0 Å². The molecule has 0 N–H and O–H groups in total. The quantitative estimate of drug-likeness (QED) is 0.661. The highest BCUT2D eigenvalue weighted by Gasteiger charge is 1.93. The SMILES string of the molecule is [CH2-]N(CCC#N)CCc1ccccc1. The monoisotopic (exact) mass is 187 g/mol. The molecular weight excluding hydrogens is 172 g/mol. The molecule has 1 aromatic rings. The van der Waals surface area contributed by atoms with Gasteiger partial charge in [0, 0.05) is 6.42 Å². The maximum Gasteiger partial charge on any atom is 0.0634 e. The highest BCUT2D eigenvalue weighted by atomic mass is 15.1. The predicted molar refractivity (Wildman–Crippen MR) is 57.3 cm³/mol. The Labute approximate surface area is 85.8 Å². The van der Waals surface area contributed by atoms with Crippen LogP contribution in [0.4, 0.5) is 0 Å². The summed E-state index contributed by atoms with van der Waals surface area (Å²) in [5.74, 6) is 0. The van der Waals surface area contributed by atoms with Gasteiger partial charge in [-0.15, -0.1) is 0 Å². The molecule has 2 nitrogen and oxygen atoms in total. The lowest BCUT2D eigenvalue weighted by Gasteiger charge is -2.23. The first kappa shape index (κ1) is 10.7. The largest absolute Gasteiger partial charge is 0.458 e. The fraction of sp³-hybridized carbons (Fsp3) is 0.333. The van der Waals surface area contributed by atoms with Crippen LogP contribution in [0.3, 0.4) is 0 Å². The van der Waals surface area contributed by atoms with E-state index >= 15 is 0 Å². The summed E-state index contributed by atoms with van der Waals surface area (Å²) in [6.45, 7) is 1.66. The summed E-state index contributed by atoms with van der Waals surface area (Å²) in [5.41, 5.74) is 1.32. The van der Waals surface area contributed by atoms with E-state index in [1.165, 1.54) is 5.56 Å². The van der Waals surface area contributed by atoms with E-state index in [1.54, 1.807) is 0 Å². The minimum absolute atomic E-state index is 0.554. The van der Waals surface area contributed by atoms with E-state index in [2.05, 4.69) is 25.2 Å². The molecule has 1 rings (SSSR count). The molecule has 0 spiro atoms. The van der Waals surface area contributed by atoms with Crippen LogP contribution in [0.2, 0.25) is 0 Å². The zero-order chi connectivity index (χ0) is 10.2. The van der Waals surface area contributed by atoms with E-state index in [0.717, 1.165) is 19.5 Å². The van der Waals surface area contributed by atoms with E-state index in [9.17, 15) is 0 Å².